The summed E-state index contributed by atoms with van der Waals surface area (Å²) in [5.41, 5.74) is -0.122. The van der Waals surface area contributed by atoms with Crippen LogP contribution in [0.3, 0.4) is 0 Å². The van der Waals surface area contributed by atoms with Crippen molar-refractivity contribution in [1.29, 1.82) is 0 Å². The van der Waals surface area contributed by atoms with Crippen molar-refractivity contribution < 1.29 is 13.6 Å². The van der Waals surface area contributed by atoms with Crippen LogP contribution in [0.1, 0.15) is 35.3 Å². The lowest BCUT2D eigenvalue weighted by Gasteiger charge is -1.96. The molecule has 0 radical (unpaired) electrons. The van der Waals surface area contributed by atoms with Crippen LogP contribution in [-0.2, 0) is 0 Å². The first-order chi connectivity index (χ1) is 6.02. The Hall–Kier alpha value is -0.840. The maximum atomic E-state index is 11.9. The van der Waals surface area contributed by atoms with Crippen molar-refractivity contribution in [3.8, 4) is 0 Å². The van der Waals surface area contributed by atoms with E-state index in [-0.39, 0.29) is 11.6 Å². The van der Waals surface area contributed by atoms with E-state index >= 15 is 0 Å². The first-order valence-electron chi connectivity index (χ1n) is 3.80. The molecule has 0 aliphatic rings. The van der Waals surface area contributed by atoms with Gasteiger partial charge in [-0.3, -0.25) is 4.79 Å². The lowest BCUT2D eigenvalue weighted by atomic mass is 10.2. The van der Waals surface area contributed by atoms with Gasteiger partial charge in [0.15, 0.2) is 0 Å². The van der Waals surface area contributed by atoms with E-state index in [0.29, 0.717) is 5.01 Å². The molecule has 0 N–H and O–H groups in total. The van der Waals surface area contributed by atoms with Gasteiger partial charge in [-0.05, 0) is 0 Å². The Morgan fingerprint density at radius 1 is 1.54 bits per heavy atom. The van der Waals surface area contributed by atoms with Crippen LogP contribution in [0.15, 0.2) is 5.38 Å². The highest BCUT2D eigenvalue weighted by Crippen LogP contribution is 2.20. The average molecular weight is 205 g/mol. The van der Waals surface area contributed by atoms with Crippen molar-refractivity contribution in [3.63, 3.8) is 0 Å². The number of hydrogen-bond acceptors (Lipinski definition) is 3. The second-order valence-electron chi connectivity index (χ2n) is 2.89. The zero-order valence-corrected chi connectivity index (χ0v) is 8.07. The molecule has 0 amide bonds. The molecule has 1 aromatic rings. The highest BCUT2D eigenvalue weighted by atomic mass is 32.1. The fraction of sp³-hybridized carbons (Fsp3) is 0.500. The van der Waals surface area contributed by atoms with Crippen LogP contribution < -0.4 is 0 Å². The van der Waals surface area contributed by atoms with Gasteiger partial charge >= 0.3 is 6.43 Å². The summed E-state index contributed by atoms with van der Waals surface area (Å²) >= 11 is 1.24. The molecule has 1 aromatic heterocycles. The van der Waals surface area contributed by atoms with Crippen LogP contribution >= 0.6 is 11.3 Å². The summed E-state index contributed by atoms with van der Waals surface area (Å²) in [4.78, 5) is 14.6. The molecule has 0 fully saturated rings. The summed E-state index contributed by atoms with van der Waals surface area (Å²) in [6.45, 7) is 3.80. The zero-order chi connectivity index (χ0) is 10.0. The van der Waals surface area contributed by atoms with Gasteiger partial charge in [-0.1, -0.05) is 13.8 Å². The number of rotatable bonds is 3. The maximum absolute atomic E-state index is 11.9. The molecule has 0 saturated heterocycles. The molecule has 0 aromatic carbocycles. The van der Waals surface area contributed by atoms with E-state index < -0.39 is 12.2 Å². The molecule has 0 aliphatic carbocycles. The number of aromatic nitrogens is 1. The van der Waals surface area contributed by atoms with Gasteiger partial charge in [-0.25, -0.2) is 13.8 Å². The Morgan fingerprint density at radius 3 is 2.54 bits per heavy atom. The molecule has 13 heavy (non-hydrogen) atoms. The van der Waals surface area contributed by atoms with E-state index in [9.17, 15) is 13.6 Å². The van der Waals surface area contributed by atoms with Gasteiger partial charge in [0.05, 0.1) is 5.01 Å². The van der Waals surface area contributed by atoms with Gasteiger partial charge in [-0.2, -0.15) is 0 Å². The summed E-state index contributed by atoms with van der Waals surface area (Å²) in [5, 5.41) is 2.09. The van der Waals surface area contributed by atoms with Crippen LogP contribution in [0, 0.1) is 0 Å². The lowest BCUT2D eigenvalue weighted by Crippen LogP contribution is -2.10. The Bertz CT molecular complexity index is 309. The largest absolute Gasteiger partial charge is 0.302 e. The standard InChI is InChI=1S/C8H9F2NOS/c1-4(2)8-11-5(3-13-8)6(12)7(9)10/h3-4,7H,1-2H3. The number of ketones is 1. The topological polar surface area (TPSA) is 30.0 Å². The Morgan fingerprint density at radius 2 is 2.15 bits per heavy atom. The van der Waals surface area contributed by atoms with Gasteiger partial charge in [-0.15, -0.1) is 11.3 Å². The van der Waals surface area contributed by atoms with E-state index in [2.05, 4.69) is 4.98 Å². The predicted molar refractivity (Wildman–Crippen MR) is 46.5 cm³/mol. The van der Waals surface area contributed by atoms with Gasteiger partial charge in [0.25, 0.3) is 0 Å². The van der Waals surface area contributed by atoms with Crippen molar-refractivity contribution in [1.82, 2.24) is 4.98 Å². The fourth-order valence-electron chi connectivity index (χ4n) is 0.778. The van der Waals surface area contributed by atoms with Crippen LogP contribution in [0.25, 0.3) is 0 Å². The number of nitrogens with zero attached hydrogens (tertiary/aromatic N) is 1. The van der Waals surface area contributed by atoms with Gasteiger partial charge in [0.1, 0.15) is 5.69 Å². The van der Waals surface area contributed by atoms with E-state index in [1.54, 1.807) is 0 Å². The normalized spacial score (nSPS) is 11.2. The van der Waals surface area contributed by atoms with E-state index in [0.717, 1.165) is 0 Å². The number of carbonyl (C=O) groups is 1. The van der Waals surface area contributed by atoms with Gasteiger partial charge in [0, 0.05) is 11.3 Å². The van der Waals surface area contributed by atoms with E-state index in [4.69, 9.17) is 0 Å². The molecule has 0 spiro atoms. The van der Waals surface area contributed by atoms with Crippen LogP contribution in [0.5, 0.6) is 0 Å². The fourth-order valence-corrected chi connectivity index (χ4v) is 1.60. The summed E-state index contributed by atoms with van der Waals surface area (Å²) in [7, 11) is 0. The third kappa shape index (κ3) is 2.30. The highest BCUT2D eigenvalue weighted by molar-refractivity contribution is 7.09. The Kier molecular flexibility index (Phi) is 3.08. The molecule has 72 valence electrons. The molecule has 1 rings (SSSR count). The molecule has 0 saturated carbocycles. The van der Waals surface area contributed by atoms with Crippen molar-refractivity contribution >= 4 is 17.1 Å². The second-order valence-corrected chi connectivity index (χ2v) is 3.78. The SMILES string of the molecule is CC(C)c1nc(C(=O)C(F)F)cs1. The Balaban J connectivity index is 2.86. The summed E-state index contributed by atoms with van der Waals surface area (Å²) in [6.07, 6.45) is -2.96. The summed E-state index contributed by atoms with van der Waals surface area (Å²) in [6, 6.07) is 0. The van der Waals surface area contributed by atoms with Crippen molar-refractivity contribution in [3.05, 3.63) is 16.1 Å². The Labute approximate surface area is 78.6 Å². The molecule has 5 heteroatoms. The molecule has 0 atom stereocenters. The first-order valence-corrected chi connectivity index (χ1v) is 4.68. The number of alkyl halides is 2. The van der Waals surface area contributed by atoms with E-state index in [1.165, 1.54) is 16.7 Å². The minimum atomic E-state index is -2.96. The van der Waals surface area contributed by atoms with E-state index in [1.807, 2.05) is 13.8 Å². The summed E-state index contributed by atoms with van der Waals surface area (Å²) in [5.74, 6) is -1.02. The highest BCUT2D eigenvalue weighted by Gasteiger charge is 2.21. The minimum absolute atomic E-state index is 0.122. The van der Waals surface area contributed by atoms with Crippen molar-refractivity contribution in [2.24, 2.45) is 0 Å². The smallest absolute Gasteiger partial charge is 0.286 e. The molecule has 0 unspecified atom stereocenters. The first kappa shape index (κ1) is 10.2. The molecule has 0 aliphatic heterocycles. The number of thiazole rings is 1. The van der Waals surface area contributed by atoms with Crippen LogP contribution in [0.2, 0.25) is 0 Å². The maximum Gasteiger partial charge on any atom is 0.302 e. The molecule has 0 bridgehead atoms. The molecule has 2 nitrogen and oxygen atoms in total. The lowest BCUT2D eigenvalue weighted by molar-refractivity contribution is 0.0674. The summed E-state index contributed by atoms with van der Waals surface area (Å²) < 4.78 is 23.9. The van der Waals surface area contributed by atoms with Crippen molar-refractivity contribution in [2.45, 2.75) is 26.2 Å². The number of Topliss-reactive ketones (excluding diaryl/α,β-unsaturated/α-hetero) is 1. The van der Waals surface area contributed by atoms with Crippen LogP contribution in [-0.4, -0.2) is 17.2 Å². The third-order valence-electron chi connectivity index (χ3n) is 1.47. The minimum Gasteiger partial charge on any atom is -0.286 e. The number of halogens is 2. The van der Waals surface area contributed by atoms with Crippen molar-refractivity contribution in [2.75, 3.05) is 0 Å². The van der Waals surface area contributed by atoms with Crippen LogP contribution in [0.4, 0.5) is 8.78 Å². The molecular weight excluding hydrogens is 196 g/mol. The molecular formula is C8H9F2NOS. The quantitative estimate of drug-likeness (QED) is 0.710. The second kappa shape index (κ2) is 3.91. The molecule has 1 heterocycles. The number of carbonyl (C=O) groups excluding carboxylic acids is 1. The number of hydrogen-bond donors (Lipinski definition) is 0. The monoisotopic (exact) mass is 205 g/mol. The third-order valence-corrected chi connectivity index (χ3v) is 2.61. The zero-order valence-electron chi connectivity index (χ0n) is 7.25. The predicted octanol–water partition coefficient (Wildman–Crippen LogP) is 2.71. The average Bonchev–Trinajstić information content (AvgIpc) is 2.50. The van der Waals surface area contributed by atoms with Gasteiger partial charge < -0.3 is 0 Å². The van der Waals surface area contributed by atoms with Gasteiger partial charge in [0.2, 0.25) is 5.78 Å².